The first-order valence-electron chi connectivity index (χ1n) is 5.59. The molecular formula is C13H8FN5. The minimum Gasteiger partial charge on any atom is -0.256 e. The first-order valence-corrected chi connectivity index (χ1v) is 5.59. The summed E-state index contributed by atoms with van der Waals surface area (Å²) in [4.78, 5) is 8.06. The molecule has 0 saturated carbocycles. The Hall–Kier alpha value is -2.81. The Bertz CT molecular complexity index is 787. The van der Waals surface area contributed by atoms with Crippen molar-refractivity contribution in [2.45, 2.75) is 6.54 Å². The van der Waals surface area contributed by atoms with Gasteiger partial charge in [-0.25, -0.2) is 14.1 Å². The second kappa shape index (κ2) is 4.46. The summed E-state index contributed by atoms with van der Waals surface area (Å²) in [6, 6.07) is 8.27. The predicted molar refractivity (Wildman–Crippen MR) is 65.5 cm³/mol. The lowest BCUT2D eigenvalue weighted by atomic mass is 10.1. The van der Waals surface area contributed by atoms with E-state index < -0.39 is 0 Å². The number of rotatable bonds is 2. The third kappa shape index (κ3) is 2.13. The van der Waals surface area contributed by atoms with Gasteiger partial charge in [0.2, 0.25) is 0 Å². The molecule has 3 rings (SSSR count). The first-order chi connectivity index (χ1) is 9.26. The summed E-state index contributed by atoms with van der Waals surface area (Å²) in [6.07, 6.45) is 3.10. The van der Waals surface area contributed by atoms with E-state index in [0.29, 0.717) is 12.1 Å². The molecule has 2 heterocycles. The van der Waals surface area contributed by atoms with Gasteiger partial charge in [-0.2, -0.15) is 5.26 Å². The molecule has 0 radical (unpaired) electrons. The van der Waals surface area contributed by atoms with Crippen molar-refractivity contribution in [3.05, 3.63) is 54.0 Å². The molecule has 92 valence electrons. The highest BCUT2D eigenvalue weighted by Gasteiger charge is 2.07. The minimum absolute atomic E-state index is 0.0914. The van der Waals surface area contributed by atoms with E-state index in [0.717, 1.165) is 10.9 Å². The van der Waals surface area contributed by atoms with Crippen LogP contribution in [0.15, 0.2) is 36.8 Å². The van der Waals surface area contributed by atoms with Crippen molar-refractivity contribution in [2.75, 3.05) is 0 Å². The van der Waals surface area contributed by atoms with E-state index in [2.05, 4.69) is 15.1 Å². The van der Waals surface area contributed by atoms with E-state index in [4.69, 9.17) is 5.26 Å². The molecule has 5 nitrogen and oxygen atoms in total. The van der Waals surface area contributed by atoms with E-state index in [1.54, 1.807) is 18.3 Å². The standard InChI is InChI=1S/C13H8FN5/c14-11-4-9-2-1-3-16-13(9)10(5-11)7-19-8-17-12(6-15)18-19/h1-5,8H,7H2. The summed E-state index contributed by atoms with van der Waals surface area (Å²) in [5.41, 5.74) is 1.42. The van der Waals surface area contributed by atoms with Gasteiger partial charge in [0.25, 0.3) is 5.82 Å². The highest BCUT2D eigenvalue weighted by Crippen LogP contribution is 2.19. The van der Waals surface area contributed by atoms with Gasteiger partial charge in [-0.05, 0) is 18.2 Å². The summed E-state index contributed by atoms with van der Waals surface area (Å²) in [6.45, 7) is 0.319. The van der Waals surface area contributed by atoms with Crippen LogP contribution in [0.2, 0.25) is 0 Å². The molecule has 0 unspecified atom stereocenters. The first kappa shape index (κ1) is 11.3. The largest absolute Gasteiger partial charge is 0.256 e. The number of hydrogen-bond acceptors (Lipinski definition) is 4. The van der Waals surface area contributed by atoms with Crippen molar-refractivity contribution in [1.82, 2.24) is 19.7 Å². The molecule has 0 aliphatic rings. The molecule has 0 bridgehead atoms. The van der Waals surface area contributed by atoms with Crippen LogP contribution >= 0.6 is 0 Å². The molecule has 0 aliphatic heterocycles. The smallest absolute Gasteiger partial charge is 0.252 e. The molecule has 6 heteroatoms. The minimum atomic E-state index is -0.323. The van der Waals surface area contributed by atoms with Gasteiger partial charge in [-0.15, -0.1) is 5.10 Å². The fraction of sp³-hybridized carbons (Fsp3) is 0.0769. The van der Waals surface area contributed by atoms with Crippen LogP contribution in [-0.4, -0.2) is 19.7 Å². The van der Waals surface area contributed by atoms with E-state index in [9.17, 15) is 4.39 Å². The number of hydrogen-bond donors (Lipinski definition) is 0. The second-order valence-corrected chi connectivity index (χ2v) is 4.02. The number of pyridine rings is 1. The molecule has 19 heavy (non-hydrogen) atoms. The van der Waals surface area contributed by atoms with Crippen LogP contribution < -0.4 is 0 Å². The van der Waals surface area contributed by atoms with Gasteiger partial charge in [-0.1, -0.05) is 6.07 Å². The molecule has 0 N–H and O–H groups in total. The average Bonchev–Trinajstić information content (AvgIpc) is 2.86. The lowest BCUT2D eigenvalue weighted by molar-refractivity contribution is 0.621. The van der Waals surface area contributed by atoms with E-state index in [1.807, 2.05) is 6.07 Å². The van der Waals surface area contributed by atoms with Gasteiger partial charge in [0.05, 0.1) is 12.1 Å². The molecule has 0 aliphatic carbocycles. The van der Waals surface area contributed by atoms with E-state index in [1.165, 1.54) is 23.1 Å². The van der Waals surface area contributed by atoms with Gasteiger partial charge < -0.3 is 0 Å². The zero-order valence-corrected chi connectivity index (χ0v) is 9.79. The second-order valence-electron chi connectivity index (χ2n) is 4.02. The van der Waals surface area contributed by atoms with Crippen LogP contribution in [0.3, 0.4) is 0 Å². The molecule has 0 atom stereocenters. The van der Waals surface area contributed by atoms with E-state index in [-0.39, 0.29) is 11.6 Å². The fourth-order valence-electron chi connectivity index (χ4n) is 1.94. The normalized spacial score (nSPS) is 10.5. The highest BCUT2D eigenvalue weighted by molar-refractivity contribution is 5.81. The van der Waals surface area contributed by atoms with Crippen molar-refractivity contribution < 1.29 is 4.39 Å². The molecular weight excluding hydrogens is 245 g/mol. The number of benzene rings is 1. The monoisotopic (exact) mass is 253 g/mol. The van der Waals surface area contributed by atoms with Gasteiger partial charge in [-0.3, -0.25) is 4.98 Å². The number of fused-ring (bicyclic) bond motifs is 1. The Balaban J connectivity index is 2.07. The average molecular weight is 253 g/mol. The molecule has 0 amide bonds. The molecule has 0 saturated heterocycles. The molecule has 3 aromatic rings. The summed E-state index contributed by atoms with van der Waals surface area (Å²) in [5, 5.41) is 13.4. The number of nitrogens with zero attached hydrogens (tertiary/aromatic N) is 5. The van der Waals surface area contributed by atoms with Crippen molar-refractivity contribution >= 4 is 10.9 Å². The Morgan fingerprint density at radius 1 is 1.32 bits per heavy atom. The van der Waals surface area contributed by atoms with Gasteiger partial charge in [0.15, 0.2) is 0 Å². The van der Waals surface area contributed by atoms with Crippen LogP contribution in [0.25, 0.3) is 10.9 Å². The maximum absolute atomic E-state index is 13.5. The Morgan fingerprint density at radius 2 is 2.21 bits per heavy atom. The predicted octanol–water partition coefficient (Wildman–Crippen LogP) is 1.89. The van der Waals surface area contributed by atoms with Crippen LogP contribution in [0.1, 0.15) is 11.4 Å². The van der Waals surface area contributed by atoms with Crippen molar-refractivity contribution in [2.24, 2.45) is 0 Å². The third-order valence-corrected chi connectivity index (χ3v) is 2.72. The van der Waals surface area contributed by atoms with Crippen LogP contribution in [0.5, 0.6) is 0 Å². The van der Waals surface area contributed by atoms with Crippen LogP contribution in [0.4, 0.5) is 4.39 Å². The maximum Gasteiger partial charge on any atom is 0.252 e. The Kier molecular flexibility index (Phi) is 2.65. The molecule has 2 aromatic heterocycles. The highest BCUT2D eigenvalue weighted by atomic mass is 19.1. The van der Waals surface area contributed by atoms with Gasteiger partial charge in [0, 0.05) is 17.1 Å². The maximum atomic E-state index is 13.5. The number of halogens is 1. The Morgan fingerprint density at radius 3 is 3.00 bits per heavy atom. The van der Waals surface area contributed by atoms with Crippen molar-refractivity contribution in [3.63, 3.8) is 0 Å². The summed E-state index contributed by atoms with van der Waals surface area (Å²) in [7, 11) is 0. The fourth-order valence-corrected chi connectivity index (χ4v) is 1.94. The molecule has 0 fully saturated rings. The zero-order valence-electron chi connectivity index (χ0n) is 9.79. The van der Waals surface area contributed by atoms with Gasteiger partial charge in [0.1, 0.15) is 18.2 Å². The zero-order chi connectivity index (χ0) is 13.2. The summed E-state index contributed by atoms with van der Waals surface area (Å²) >= 11 is 0. The number of nitriles is 1. The topological polar surface area (TPSA) is 67.4 Å². The summed E-state index contributed by atoms with van der Waals surface area (Å²) in [5.74, 6) is -0.232. The SMILES string of the molecule is N#Cc1ncn(Cc2cc(F)cc3cccnc23)n1. The lowest BCUT2D eigenvalue weighted by Gasteiger charge is -2.05. The van der Waals surface area contributed by atoms with E-state index >= 15 is 0 Å². The summed E-state index contributed by atoms with van der Waals surface area (Å²) < 4.78 is 15.0. The lowest BCUT2D eigenvalue weighted by Crippen LogP contribution is -2.02. The van der Waals surface area contributed by atoms with Crippen LogP contribution in [0, 0.1) is 17.1 Å². The number of aromatic nitrogens is 4. The van der Waals surface area contributed by atoms with Crippen LogP contribution in [-0.2, 0) is 6.54 Å². The Labute approximate surface area is 108 Å². The molecule has 1 aromatic carbocycles. The van der Waals surface area contributed by atoms with Gasteiger partial charge >= 0.3 is 0 Å². The molecule has 0 spiro atoms. The van der Waals surface area contributed by atoms with Crippen molar-refractivity contribution in [1.29, 1.82) is 5.26 Å². The van der Waals surface area contributed by atoms with Crippen molar-refractivity contribution in [3.8, 4) is 6.07 Å². The quantitative estimate of drug-likeness (QED) is 0.699. The third-order valence-electron chi connectivity index (χ3n) is 2.72.